The van der Waals surface area contributed by atoms with E-state index < -0.39 is 0 Å². The highest BCUT2D eigenvalue weighted by molar-refractivity contribution is 7.07. The molecule has 2 aromatic heterocycles. The van der Waals surface area contributed by atoms with Gasteiger partial charge in [-0.3, -0.25) is 5.10 Å². The van der Waals surface area contributed by atoms with Crippen molar-refractivity contribution in [3.8, 4) is 0 Å². The van der Waals surface area contributed by atoms with Crippen LogP contribution in [0.5, 0.6) is 0 Å². The molecule has 0 aliphatic carbocycles. The first-order valence-electron chi connectivity index (χ1n) is 5.49. The molecule has 0 saturated heterocycles. The SMILES string of the molecule is Cc1[nH]ncc1CNC(C)Cc1ccsc1. The zero-order valence-electron chi connectivity index (χ0n) is 9.66. The van der Waals surface area contributed by atoms with Gasteiger partial charge in [0.2, 0.25) is 0 Å². The number of hydrogen-bond acceptors (Lipinski definition) is 3. The van der Waals surface area contributed by atoms with E-state index in [9.17, 15) is 0 Å². The maximum absolute atomic E-state index is 4.01. The largest absolute Gasteiger partial charge is 0.310 e. The highest BCUT2D eigenvalue weighted by Crippen LogP contribution is 2.09. The second kappa shape index (κ2) is 5.27. The molecule has 2 aromatic rings. The number of hydrogen-bond donors (Lipinski definition) is 2. The van der Waals surface area contributed by atoms with Gasteiger partial charge < -0.3 is 5.32 Å². The molecule has 2 heterocycles. The van der Waals surface area contributed by atoms with E-state index in [2.05, 4.69) is 39.3 Å². The number of nitrogens with zero attached hydrogens (tertiary/aromatic N) is 1. The van der Waals surface area contributed by atoms with Gasteiger partial charge in [-0.15, -0.1) is 0 Å². The van der Waals surface area contributed by atoms with E-state index in [1.807, 2.05) is 13.1 Å². The summed E-state index contributed by atoms with van der Waals surface area (Å²) in [6.07, 6.45) is 2.97. The molecule has 0 radical (unpaired) electrons. The number of rotatable bonds is 5. The van der Waals surface area contributed by atoms with Gasteiger partial charge in [-0.25, -0.2) is 0 Å². The Labute approximate surface area is 99.9 Å². The zero-order chi connectivity index (χ0) is 11.4. The summed E-state index contributed by atoms with van der Waals surface area (Å²) >= 11 is 1.76. The third kappa shape index (κ3) is 2.93. The predicted octanol–water partition coefficient (Wildman–Crippen LogP) is 2.50. The summed E-state index contributed by atoms with van der Waals surface area (Å²) in [7, 11) is 0. The van der Waals surface area contributed by atoms with Crippen molar-refractivity contribution in [3.05, 3.63) is 39.8 Å². The molecular weight excluding hydrogens is 218 g/mol. The van der Waals surface area contributed by atoms with Crippen LogP contribution in [0.15, 0.2) is 23.0 Å². The van der Waals surface area contributed by atoms with Crippen molar-refractivity contribution in [3.63, 3.8) is 0 Å². The smallest absolute Gasteiger partial charge is 0.0535 e. The van der Waals surface area contributed by atoms with Gasteiger partial charge in [0, 0.05) is 23.8 Å². The van der Waals surface area contributed by atoms with E-state index in [0.717, 1.165) is 18.7 Å². The van der Waals surface area contributed by atoms with Crippen molar-refractivity contribution < 1.29 is 0 Å². The minimum atomic E-state index is 0.490. The van der Waals surface area contributed by atoms with E-state index in [0.29, 0.717) is 6.04 Å². The summed E-state index contributed by atoms with van der Waals surface area (Å²) in [6, 6.07) is 2.68. The number of nitrogens with one attached hydrogen (secondary N) is 2. The Morgan fingerprint density at radius 2 is 2.44 bits per heavy atom. The van der Waals surface area contributed by atoms with Gasteiger partial charge in [-0.1, -0.05) is 0 Å². The molecule has 0 amide bonds. The molecule has 0 aliphatic heterocycles. The first kappa shape index (κ1) is 11.4. The Balaban J connectivity index is 1.80. The minimum Gasteiger partial charge on any atom is -0.310 e. The van der Waals surface area contributed by atoms with Gasteiger partial charge in [0.25, 0.3) is 0 Å². The van der Waals surface area contributed by atoms with E-state index in [1.165, 1.54) is 11.1 Å². The van der Waals surface area contributed by atoms with Crippen LogP contribution in [0.25, 0.3) is 0 Å². The number of H-pyrrole nitrogens is 1. The lowest BCUT2D eigenvalue weighted by molar-refractivity contribution is 0.545. The number of thiophene rings is 1. The molecule has 0 aliphatic rings. The molecule has 3 nitrogen and oxygen atoms in total. The van der Waals surface area contributed by atoms with Crippen LogP contribution in [0, 0.1) is 6.92 Å². The normalized spacial score (nSPS) is 12.9. The lowest BCUT2D eigenvalue weighted by Crippen LogP contribution is -2.27. The molecular formula is C12H17N3S. The Morgan fingerprint density at radius 3 is 3.06 bits per heavy atom. The van der Waals surface area contributed by atoms with Crippen LogP contribution in [0.1, 0.15) is 23.7 Å². The first-order valence-corrected chi connectivity index (χ1v) is 6.43. The van der Waals surface area contributed by atoms with Gasteiger partial charge in [-0.05, 0) is 42.7 Å². The fourth-order valence-electron chi connectivity index (χ4n) is 1.67. The molecule has 2 rings (SSSR count). The number of aromatic amines is 1. The second-order valence-corrected chi connectivity index (χ2v) is 4.92. The Morgan fingerprint density at radius 1 is 1.56 bits per heavy atom. The fraction of sp³-hybridized carbons (Fsp3) is 0.417. The minimum absolute atomic E-state index is 0.490. The molecule has 0 aromatic carbocycles. The average Bonchev–Trinajstić information content (AvgIpc) is 2.87. The third-order valence-corrected chi connectivity index (χ3v) is 3.43. The maximum atomic E-state index is 4.01. The molecule has 0 spiro atoms. The number of aromatic nitrogens is 2. The van der Waals surface area contributed by atoms with Crippen molar-refractivity contribution in [2.75, 3.05) is 0 Å². The van der Waals surface area contributed by atoms with Crippen LogP contribution in [0.4, 0.5) is 0 Å². The molecule has 16 heavy (non-hydrogen) atoms. The first-order chi connectivity index (χ1) is 7.75. The van der Waals surface area contributed by atoms with Crippen LogP contribution in [-0.4, -0.2) is 16.2 Å². The Kier molecular flexibility index (Phi) is 3.74. The van der Waals surface area contributed by atoms with Gasteiger partial charge in [0.15, 0.2) is 0 Å². The van der Waals surface area contributed by atoms with Crippen LogP contribution >= 0.6 is 11.3 Å². The zero-order valence-corrected chi connectivity index (χ0v) is 10.5. The van der Waals surface area contributed by atoms with Crippen molar-refractivity contribution >= 4 is 11.3 Å². The van der Waals surface area contributed by atoms with Crippen molar-refractivity contribution in [2.24, 2.45) is 0 Å². The molecule has 2 N–H and O–H groups in total. The topological polar surface area (TPSA) is 40.7 Å². The third-order valence-electron chi connectivity index (χ3n) is 2.70. The van der Waals surface area contributed by atoms with Gasteiger partial charge >= 0.3 is 0 Å². The van der Waals surface area contributed by atoms with Crippen LogP contribution in [-0.2, 0) is 13.0 Å². The lowest BCUT2D eigenvalue weighted by atomic mass is 10.1. The highest BCUT2D eigenvalue weighted by atomic mass is 32.1. The summed E-state index contributed by atoms with van der Waals surface area (Å²) in [5.41, 5.74) is 3.81. The Hall–Kier alpha value is -1.13. The fourth-order valence-corrected chi connectivity index (χ4v) is 2.35. The molecule has 0 fully saturated rings. The summed E-state index contributed by atoms with van der Waals surface area (Å²) in [5.74, 6) is 0. The van der Waals surface area contributed by atoms with Crippen LogP contribution in [0.2, 0.25) is 0 Å². The van der Waals surface area contributed by atoms with Crippen LogP contribution < -0.4 is 5.32 Å². The quantitative estimate of drug-likeness (QED) is 0.836. The van der Waals surface area contributed by atoms with Crippen LogP contribution in [0.3, 0.4) is 0 Å². The van der Waals surface area contributed by atoms with Crippen molar-refractivity contribution in [1.29, 1.82) is 0 Å². The molecule has 1 unspecified atom stereocenters. The molecule has 0 saturated carbocycles. The van der Waals surface area contributed by atoms with Gasteiger partial charge in [0.1, 0.15) is 0 Å². The lowest BCUT2D eigenvalue weighted by Gasteiger charge is -2.12. The molecule has 4 heteroatoms. The van der Waals surface area contributed by atoms with E-state index in [1.54, 1.807) is 11.3 Å². The molecule has 1 atom stereocenters. The standard InChI is InChI=1S/C12H17N3S/c1-9(5-11-3-4-16-8-11)13-6-12-7-14-15-10(12)2/h3-4,7-9,13H,5-6H2,1-2H3,(H,14,15). The average molecular weight is 235 g/mol. The molecule has 86 valence electrons. The Bertz CT molecular complexity index is 419. The summed E-state index contributed by atoms with van der Waals surface area (Å²) in [5, 5.41) is 14.8. The van der Waals surface area contributed by atoms with Gasteiger partial charge in [0.05, 0.1) is 6.20 Å². The van der Waals surface area contributed by atoms with Crippen molar-refractivity contribution in [1.82, 2.24) is 15.5 Å². The summed E-state index contributed by atoms with van der Waals surface area (Å²) < 4.78 is 0. The van der Waals surface area contributed by atoms with E-state index in [-0.39, 0.29) is 0 Å². The van der Waals surface area contributed by atoms with E-state index in [4.69, 9.17) is 0 Å². The predicted molar refractivity (Wildman–Crippen MR) is 67.6 cm³/mol. The summed E-state index contributed by atoms with van der Waals surface area (Å²) in [6.45, 7) is 5.15. The van der Waals surface area contributed by atoms with E-state index >= 15 is 0 Å². The summed E-state index contributed by atoms with van der Waals surface area (Å²) in [4.78, 5) is 0. The van der Waals surface area contributed by atoms with Gasteiger partial charge in [-0.2, -0.15) is 16.4 Å². The molecule has 0 bridgehead atoms. The van der Waals surface area contributed by atoms with Crippen molar-refractivity contribution in [2.45, 2.75) is 32.9 Å². The second-order valence-electron chi connectivity index (χ2n) is 4.14. The monoisotopic (exact) mass is 235 g/mol. The highest BCUT2D eigenvalue weighted by Gasteiger charge is 2.05. The maximum Gasteiger partial charge on any atom is 0.0535 e. The number of aryl methyl sites for hydroxylation is 1.